The van der Waals surface area contributed by atoms with Crippen molar-refractivity contribution in [3.05, 3.63) is 35.4 Å². The van der Waals surface area contributed by atoms with Crippen molar-refractivity contribution >= 4 is 24.2 Å². The summed E-state index contributed by atoms with van der Waals surface area (Å²) in [6, 6.07) is 7.53. The molecule has 2 aliphatic rings. The van der Waals surface area contributed by atoms with Crippen molar-refractivity contribution in [3.8, 4) is 0 Å². The molecule has 2 atom stereocenters. The molecule has 0 saturated carbocycles. The SMILES string of the molecule is Cl.NC(=O)c1cccc(CN2CCCC(CNC(=O)C3CCCN3)C2)c1. The third-order valence-electron chi connectivity index (χ3n) is 5.16. The van der Waals surface area contributed by atoms with Gasteiger partial charge in [-0.1, -0.05) is 12.1 Å². The van der Waals surface area contributed by atoms with Gasteiger partial charge in [-0.2, -0.15) is 0 Å². The third-order valence-corrected chi connectivity index (χ3v) is 5.16. The van der Waals surface area contributed by atoms with Gasteiger partial charge in [0.05, 0.1) is 6.04 Å². The summed E-state index contributed by atoms with van der Waals surface area (Å²) < 4.78 is 0. The van der Waals surface area contributed by atoms with E-state index in [1.807, 2.05) is 18.2 Å². The topological polar surface area (TPSA) is 87.5 Å². The van der Waals surface area contributed by atoms with E-state index >= 15 is 0 Å². The molecule has 0 spiro atoms. The predicted octanol–water partition coefficient (Wildman–Crippen LogP) is 1.29. The zero-order chi connectivity index (χ0) is 17.6. The molecule has 1 aromatic carbocycles. The maximum absolute atomic E-state index is 12.1. The molecule has 144 valence electrons. The van der Waals surface area contributed by atoms with Crippen molar-refractivity contribution in [3.63, 3.8) is 0 Å². The second-order valence-corrected chi connectivity index (χ2v) is 7.20. The Morgan fingerprint density at radius 3 is 2.85 bits per heavy atom. The first-order valence-electron chi connectivity index (χ1n) is 9.24. The Hall–Kier alpha value is -1.63. The summed E-state index contributed by atoms with van der Waals surface area (Å²) in [6.45, 7) is 4.53. The number of nitrogens with one attached hydrogen (secondary N) is 2. The minimum absolute atomic E-state index is 0. The van der Waals surface area contributed by atoms with Gasteiger partial charge < -0.3 is 16.4 Å². The number of amides is 2. The fraction of sp³-hybridized carbons (Fsp3) is 0.579. The molecule has 4 N–H and O–H groups in total. The lowest BCUT2D eigenvalue weighted by Gasteiger charge is -2.33. The van der Waals surface area contributed by atoms with Crippen LogP contribution >= 0.6 is 12.4 Å². The number of rotatable bonds is 6. The van der Waals surface area contributed by atoms with Crippen LogP contribution in [0.4, 0.5) is 0 Å². The molecule has 2 heterocycles. The second-order valence-electron chi connectivity index (χ2n) is 7.20. The molecule has 26 heavy (non-hydrogen) atoms. The summed E-state index contributed by atoms with van der Waals surface area (Å²) in [4.78, 5) is 25.8. The summed E-state index contributed by atoms with van der Waals surface area (Å²) in [6.07, 6.45) is 4.31. The van der Waals surface area contributed by atoms with E-state index in [0.717, 1.165) is 64.0 Å². The molecule has 0 bridgehead atoms. The van der Waals surface area contributed by atoms with E-state index in [1.165, 1.54) is 0 Å². The van der Waals surface area contributed by atoms with Crippen LogP contribution in [0.25, 0.3) is 0 Å². The number of piperidine rings is 1. The Labute approximate surface area is 161 Å². The highest BCUT2D eigenvalue weighted by Crippen LogP contribution is 2.19. The highest BCUT2D eigenvalue weighted by Gasteiger charge is 2.24. The first-order valence-corrected chi connectivity index (χ1v) is 9.24. The number of likely N-dealkylation sites (tertiary alicyclic amines) is 1. The van der Waals surface area contributed by atoms with Crippen LogP contribution in [0.2, 0.25) is 0 Å². The lowest BCUT2D eigenvalue weighted by molar-refractivity contribution is -0.123. The Bertz CT molecular complexity index is 619. The third kappa shape index (κ3) is 5.69. The highest BCUT2D eigenvalue weighted by atomic mass is 35.5. The van der Waals surface area contributed by atoms with Crippen molar-refractivity contribution in [1.82, 2.24) is 15.5 Å². The van der Waals surface area contributed by atoms with Crippen LogP contribution in [0.1, 0.15) is 41.6 Å². The van der Waals surface area contributed by atoms with Gasteiger partial charge in [0, 0.05) is 25.2 Å². The van der Waals surface area contributed by atoms with Crippen LogP contribution in [-0.2, 0) is 11.3 Å². The van der Waals surface area contributed by atoms with Gasteiger partial charge in [0.15, 0.2) is 0 Å². The lowest BCUT2D eigenvalue weighted by Crippen LogP contribution is -2.45. The van der Waals surface area contributed by atoms with Gasteiger partial charge in [0.2, 0.25) is 11.8 Å². The summed E-state index contributed by atoms with van der Waals surface area (Å²) in [5.41, 5.74) is 7.02. The van der Waals surface area contributed by atoms with Gasteiger partial charge in [-0.3, -0.25) is 14.5 Å². The molecule has 2 amide bonds. The zero-order valence-electron chi connectivity index (χ0n) is 15.1. The summed E-state index contributed by atoms with van der Waals surface area (Å²) in [5, 5.41) is 6.35. The molecular formula is C19H29ClN4O2. The maximum Gasteiger partial charge on any atom is 0.248 e. The normalized spacial score (nSPS) is 23.2. The first kappa shape index (κ1) is 20.7. The fourth-order valence-corrected chi connectivity index (χ4v) is 3.82. The Morgan fingerprint density at radius 2 is 2.12 bits per heavy atom. The molecule has 6 nitrogen and oxygen atoms in total. The zero-order valence-corrected chi connectivity index (χ0v) is 15.9. The molecule has 2 unspecified atom stereocenters. The Balaban J connectivity index is 0.00000243. The van der Waals surface area contributed by atoms with Gasteiger partial charge in [0.1, 0.15) is 0 Å². The van der Waals surface area contributed by atoms with Crippen molar-refractivity contribution < 1.29 is 9.59 Å². The van der Waals surface area contributed by atoms with E-state index in [1.54, 1.807) is 6.07 Å². The number of benzene rings is 1. The summed E-state index contributed by atoms with van der Waals surface area (Å²) >= 11 is 0. The monoisotopic (exact) mass is 380 g/mol. The van der Waals surface area contributed by atoms with Crippen LogP contribution in [-0.4, -0.2) is 48.9 Å². The van der Waals surface area contributed by atoms with Gasteiger partial charge in [0.25, 0.3) is 0 Å². The second kappa shape index (κ2) is 9.90. The van der Waals surface area contributed by atoms with E-state index in [0.29, 0.717) is 11.5 Å². The number of hydrogen-bond acceptors (Lipinski definition) is 4. The number of nitrogens with two attached hydrogens (primary N) is 1. The fourth-order valence-electron chi connectivity index (χ4n) is 3.82. The van der Waals surface area contributed by atoms with E-state index < -0.39 is 0 Å². The van der Waals surface area contributed by atoms with Gasteiger partial charge in [-0.05, 0) is 62.4 Å². The average Bonchev–Trinajstić information content (AvgIpc) is 3.15. The Kier molecular flexibility index (Phi) is 7.87. The van der Waals surface area contributed by atoms with Crippen LogP contribution < -0.4 is 16.4 Å². The predicted molar refractivity (Wildman–Crippen MR) is 104 cm³/mol. The van der Waals surface area contributed by atoms with E-state index in [2.05, 4.69) is 15.5 Å². The smallest absolute Gasteiger partial charge is 0.248 e. The molecule has 0 radical (unpaired) electrons. The quantitative estimate of drug-likeness (QED) is 0.694. The summed E-state index contributed by atoms with van der Waals surface area (Å²) in [5.74, 6) is 0.240. The molecule has 0 aliphatic carbocycles. The van der Waals surface area contributed by atoms with Gasteiger partial charge in [-0.25, -0.2) is 0 Å². The standard InChI is InChI=1S/C19H28N4O2.ClH/c20-18(24)16-6-1-4-14(10-16)12-23-9-3-5-15(13-23)11-22-19(25)17-7-2-8-21-17;/h1,4,6,10,15,17,21H,2-3,5,7-9,11-13H2,(H2,20,24)(H,22,25);1H. The molecule has 1 aromatic rings. The van der Waals surface area contributed by atoms with Crippen LogP contribution in [0.15, 0.2) is 24.3 Å². The van der Waals surface area contributed by atoms with E-state index in [9.17, 15) is 9.59 Å². The number of carbonyl (C=O) groups is 2. The number of halogens is 1. The summed E-state index contributed by atoms with van der Waals surface area (Å²) in [7, 11) is 0. The van der Waals surface area contributed by atoms with Crippen molar-refractivity contribution in [2.24, 2.45) is 11.7 Å². The molecule has 2 aliphatic heterocycles. The number of primary amides is 1. The van der Waals surface area contributed by atoms with Gasteiger partial charge >= 0.3 is 0 Å². The molecule has 0 aromatic heterocycles. The maximum atomic E-state index is 12.1. The van der Waals surface area contributed by atoms with Crippen LogP contribution in [0.5, 0.6) is 0 Å². The number of nitrogens with zero attached hydrogens (tertiary/aromatic N) is 1. The largest absolute Gasteiger partial charge is 0.366 e. The van der Waals surface area contributed by atoms with Crippen molar-refractivity contribution in [1.29, 1.82) is 0 Å². The number of hydrogen-bond donors (Lipinski definition) is 3. The van der Waals surface area contributed by atoms with Crippen molar-refractivity contribution in [2.75, 3.05) is 26.2 Å². The molecule has 2 saturated heterocycles. The van der Waals surface area contributed by atoms with Crippen LogP contribution in [0, 0.1) is 5.92 Å². The molecule has 7 heteroatoms. The van der Waals surface area contributed by atoms with E-state index in [4.69, 9.17) is 5.73 Å². The Morgan fingerprint density at radius 1 is 1.27 bits per heavy atom. The highest BCUT2D eigenvalue weighted by molar-refractivity contribution is 5.92. The molecular weight excluding hydrogens is 352 g/mol. The van der Waals surface area contributed by atoms with E-state index in [-0.39, 0.29) is 30.3 Å². The minimum atomic E-state index is -0.387. The lowest BCUT2D eigenvalue weighted by atomic mass is 9.97. The number of carbonyl (C=O) groups excluding carboxylic acids is 2. The first-order chi connectivity index (χ1) is 12.1. The molecule has 3 rings (SSSR count). The van der Waals surface area contributed by atoms with Crippen LogP contribution in [0.3, 0.4) is 0 Å². The van der Waals surface area contributed by atoms with Crippen molar-refractivity contribution in [2.45, 2.75) is 38.3 Å². The minimum Gasteiger partial charge on any atom is -0.366 e. The van der Waals surface area contributed by atoms with Gasteiger partial charge in [-0.15, -0.1) is 12.4 Å². The average molecular weight is 381 g/mol. The molecule has 2 fully saturated rings.